The molecule has 3 aromatic rings. The van der Waals surface area contributed by atoms with E-state index in [1.165, 1.54) is 11.3 Å². The van der Waals surface area contributed by atoms with Gasteiger partial charge in [-0.1, -0.05) is 12.1 Å². The van der Waals surface area contributed by atoms with Gasteiger partial charge in [-0.3, -0.25) is 4.79 Å². The van der Waals surface area contributed by atoms with Gasteiger partial charge in [0, 0.05) is 10.9 Å². The van der Waals surface area contributed by atoms with Crippen molar-refractivity contribution >= 4 is 17.2 Å². The summed E-state index contributed by atoms with van der Waals surface area (Å²) in [5, 5.41) is 4.80. The van der Waals surface area contributed by atoms with Crippen LogP contribution in [0.4, 0.5) is 0 Å². The monoisotopic (exact) mass is 382 g/mol. The van der Waals surface area contributed by atoms with E-state index in [1.807, 2.05) is 37.4 Å². The molecule has 5 nitrogen and oxygen atoms in total. The molecule has 0 aliphatic heterocycles. The van der Waals surface area contributed by atoms with Gasteiger partial charge in [0.05, 0.1) is 17.7 Å². The van der Waals surface area contributed by atoms with E-state index < -0.39 is 0 Å². The second-order valence-corrected chi connectivity index (χ2v) is 6.94. The number of nitrogens with one attached hydrogen (secondary N) is 1. The third kappa shape index (κ3) is 5.82. The number of benzene rings is 2. The third-order valence-corrected chi connectivity index (χ3v) is 4.45. The van der Waals surface area contributed by atoms with Crippen LogP contribution in [0, 0.1) is 13.8 Å². The van der Waals surface area contributed by atoms with Crippen molar-refractivity contribution in [1.82, 2.24) is 10.3 Å². The summed E-state index contributed by atoms with van der Waals surface area (Å²) in [6.45, 7) is 5.29. The Morgan fingerprint density at radius 3 is 2.63 bits per heavy atom. The Hall–Kier alpha value is -2.86. The first-order chi connectivity index (χ1) is 13.1. The maximum Gasteiger partial charge on any atom is 0.251 e. The molecule has 1 amide bonds. The largest absolute Gasteiger partial charge is 0.492 e. The van der Waals surface area contributed by atoms with Crippen LogP contribution in [0.5, 0.6) is 11.5 Å². The van der Waals surface area contributed by atoms with Gasteiger partial charge in [-0.15, -0.1) is 11.3 Å². The SMILES string of the molecule is Cc1cc(C)cc(OCCNC(=O)c2cccc(OCc3cscn3)c2)c1. The van der Waals surface area contributed by atoms with Gasteiger partial charge in [0.2, 0.25) is 0 Å². The molecular formula is C21H22N2O3S. The lowest BCUT2D eigenvalue weighted by Crippen LogP contribution is -2.28. The van der Waals surface area contributed by atoms with Crippen LogP contribution in [-0.2, 0) is 6.61 Å². The Morgan fingerprint density at radius 2 is 1.89 bits per heavy atom. The first kappa shape index (κ1) is 18.9. The lowest BCUT2D eigenvalue weighted by atomic mass is 10.1. The van der Waals surface area contributed by atoms with Crippen LogP contribution in [-0.4, -0.2) is 24.0 Å². The van der Waals surface area contributed by atoms with Crippen molar-refractivity contribution in [1.29, 1.82) is 0 Å². The highest BCUT2D eigenvalue weighted by atomic mass is 32.1. The molecule has 0 fully saturated rings. The Balaban J connectivity index is 1.46. The molecule has 0 atom stereocenters. The predicted molar refractivity (Wildman–Crippen MR) is 107 cm³/mol. The minimum absolute atomic E-state index is 0.155. The number of aryl methyl sites for hydroxylation is 2. The summed E-state index contributed by atoms with van der Waals surface area (Å²) in [7, 11) is 0. The summed E-state index contributed by atoms with van der Waals surface area (Å²) in [6.07, 6.45) is 0. The van der Waals surface area contributed by atoms with Crippen LogP contribution in [0.2, 0.25) is 0 Å². The summed E-state index contributed by atoms with van der Waals surface area (Å²) >= 11 is 1.53. The topological polar surface area (TPSA) is 60.5 Å². The van der Waals surface area contributed by atoms with Crippen LogP contribution in [0.3, 0.4) is 0 Å². The number of carbonyl (C=O) groups excluding carboxylic acids is 1. The van der Waals surface area contributed by atoms with Gasteiger partial charge in [0.25, 0.3) is 5.91 Å². The molecule has 0 aliphatic rings. The zero-order valence-electron chi connectivity index (χ0n) is 15.4. The van der Waals surface area contributed by atoms with E-state index >= 15 is 0 Å². The van der Waals surface area contributed by atoms with E-state index in [2.05, 4.69) is 16.4 Å². The zero-order valence-corrected chi connectivity index (χ0v) is 16.2. The molecule has 0 unspecified atom stereocenters. The van der Waals surface area contributed by atoms with Crippen LogP contribution in [0.25, 0.3) is 0 Å². The van der Waals surface area contributed by atoms with Gasteiger partial charge in [0.1, 0.15) is 24.7 Å². The molecule has 0 saturated carbocycles. The fourth-order valence-corrected chi connectivity index (χ4v) is 3.19. The fourth-order valence-electron chi connectivity index (χ4n) is 2.64. The maximum absolute atomic E-state index is 12.3. The maximum atomic E-state index is 12.3. The lowest BCUT2D eigenvalue weighted by molar-refractivity contribution is 0.0946. The van der Waals surface area contributed by atoms with E-state index in [4.69, 9.17) is 9.47 Å². The van der Waals surface area contributed by atoms with Crippen molar-refractivity contribution in [2.45, 2.75) is 20.5 Å². The number of hydrogen-bond donors (Lipinski definition) is 1. The third-order valence-electron chi connectivity index (χ3n) is 3.82. The highest BCUT2D eigenvalue weighted by molar-refractivity contribution is 7.07. The van der Waals surface area contributed by atoms with Gasteiger partial charge < -0.3 is 14.8 Å². The number of hydrogen-bond acceptors (Lipinski definition) is 5. The molecule has 140 valence electrons. The minimum Gasteiger partial charge on any atom is -0.492 e. The van der Waals surface area contributed by atoms with E-state index in [-0.39, 0.29) is 5.91 Å². The quantitative estimate of drug-likeness (QED) is 0.595. The van der Waals surface area contributed by atoms with E-state index in [0.29, 0.717) is 31.1 Å². The molecule has 1 heterocycles. The summed E-state index contributed by atoms with van der Waals surface area (Å²) in [5.41, 5.74) is 5.51. The van der Waals surface area contributed by atoms with Crippen molar-refractivity contribution in [2.75, 3.05) is 13.2 Å². The Bertz CT molecular complexity index is 874. The molecule has 3 rings (SSSR count). The van der Waals surface area contributed by atoms with E-state index in [9.17, 15) is 4.79 Å². The van der Waals surface area contributed by atoms with Gasteiger partial charge in [0.15, 0.2) is 0 Å². The van der Waals surface area contributed by atoms with Gasteiger partial charge >= 0.3 is 0 Å². The highest BCUT2D eigenvalue weighted by Gasteiger charge is 2.07. The number of amides is 1. The lowest BCUT2D eigenvalue weighted by Gasteiger charge is -2.10. The Labute approximate surface area is 163 Å². The van der Waals surface area contributed by atoms with E-state index in [0.717, 1.165) is 22.6 Å². The van der Waals surface area contributed by atoms with Crippen LogP contribution in [0.15, 0.2) is 53.4 Å². The van der Waals surface area contributed by atoms with Crippen molar-refractivity contribution < 1.29 is 14.3 Å². The number of carbonyl (C=O) groups is 1. The second-order valence-electron chi connectivity index (χ2n) is 6.22. The standard InChI is InChI=1S/C21H22N2O3S/c1-15-8-16(2)10-20(9-15)25-7-6-22-21(24)17-4-3-5-19(11-17)26-12-18-13-27-14-23-18/h3-5,8-11,13-14H,6-7,12H2,1-2H3,(H,22,24). The molecule has 1 N–H and O–H groups in total. The summed E-state index contributed by atoms with van der Waals surface area (Å²) < 4.78 is 11.4. The molecule has 0 spiro atoms. The van der Waals surface area contributed by atoms with Gasteiger partial charge in [-0.2, -0.15) is 0 Å². The number of aromatic nitrogens is 1. The predicted octanol–water partition coefficient (Wildman–Crippen LogP) is 4.15. The minimum atomic E-state index is -0.155. The summed E-state index contributed by atoms with van der Waals surface area (Å²) in [6, 6.07) is 13.2. The highest BCUT2D eigenvalue weighted by Crippen LogP contribution is 2.17. The van der Waals surface area contributed by atoms with Gasteiger partial charge in [-0.25, -0.2) is 4.98 Å². The smallest absolute Gasteiger partial charge is 0.251 e. The zero-order chi connectivity index (χ0) is 19.1. The summed E-state index contributed by atoms with van der Waals surface area (Å²) in [4.78, 5) is 16.5. The average Bonchev–Trinajstić information content (AvgIpc) is 3.16. The second kappa shape index (κ2) is 9.19. The molecule has 2 aromatic carbocycles. The fraction of sp³-hybridized carbons (Fsp3) is 0.238. The Morgan fingerprint density at radius 1 is 1.07 bits per heavy atom. The molecule has 27 heavy (non-hydrogen) atoms. The van der Waals surface area contributed by atoms with E-state index in [1.54, 1.807) is 23.7 Å². The molecule has 0 aliphatic carbocycles. The molecule has 1 aromatic heterocycles. The van der Waals surface area contributed by atoms with Gasteiger partial charge in [-0.05, 0) is 55.3 Å². The van der Waals surface area contributed by atoms with Crippen LogP contribution in [0.1, 0.15) is 27.2 Å². The normalized spacial score (nSPS) is 10.4. The molecule has 0 saturated heterocycles. The first-order valence-electron chi connectivity index (χ1n) is 8.69. The van der Waals surface area contributed by atoms with Crippen LogP contribution >= 0.6 is 11.3 Å². The van der Waals surface area contributed by atoms with Crippen molar-refractivity contribution in [2.24, 2.45) is 0 Å². The summed E-state index contributed by atoms with van der Waals surface area (Å²) in [5.74, 6) is 1.31. The number of thiazole rings is 1. The molecule has 0 bridgehead atoms. The average molecular weight is 382 g/mol. The molecule has 0 radical (unpaired) electrons. The first-order valence-corrected chi connectivity index (χ1v) is 9.63. The van der Waals surface area contributed by atoms with Crippen molar-refractivity contribution in [3.63, 3.8) is 0 Å². The Kier molecular flexibility index (Phi) is 6.44. The molecule has 6 heteroatoms. The van der Waals surface area contributed by atoms with Crippen LogP contribution < -0.4 is 14.8 Å². The molecular weight excluding hydrogens is 360 g/mol. The van der Waals surface area contributed by atoms with Crippen molar-refractivity contribution in [3.8, 4) is 11.5 Å². The number of nitrogens with zero attached hydrogens (tertiary/aromatic N) is 1. The number of ether oxygens (including phenoxy) is 2. The number of rotatable bonds is 8. The van der Waals surface area contributed by atoms with Crippen molar-refractivity contribution in [3.05, 3.63) is 75.7 Å².